The number of nitro benzene ring substituents is 1. The number of hydrogen-bond acceptors (Lipinski definition) is 7. The summed E-state index contributed by atoms with van der Waals surface area (Å²) < 4.78 is 7.28. The van der Waals surface area contributed by atoms with E-state index in [1.54, 1.807) is 30.4 Å². The second-order valence-corrected chi connectivity index (χ2v) is 6.75. The molecule has 0 unspecified atom stereocenters. The molecule has 0 fully saturated rings. The third-order valence-electron chi connectivity index (χ3n) is 3.21. The number of benzene rings is 1. The lowest BCUT2D eigenvalue weighted by Gasteiger charge is -2.07. The largest absolute Gasteiger partial charge is 0.487 e. The predicted octanol–water partition coefficient (Wildman–Crippen LogP) is 4.00. The minimum absolute atomic E-state index is 0.0431. The number of rotatable bonds is 6. The lowest BCUT2D eigenvalue weighted by Crippen LogP contribution is -1.98. The summed E-state index contributed by atoms with van der Waals surface area (Å²) in [5, 5.41) is 22.2. The highest BCUT2D eigenvalue weighted by molar-refractivity contribution is 7.99. The van der Waals surface area contributed by atoms with Crippen LogP contribution in [-0.2, 0) is 7.05 Å². The number of nitrogens with zero attached hydrogens (tertiary/aromatic N) is 4. The van der Waals surface area contributed by atoms with Crippen molar-refractivity contribution in [1.82, 2.24) is 14.8 Å². The first-order valence-electron chi connectivity index (χ1n) is 7.12. The second-order valence-electron chi connectivity index (χ2n) is 4.76. The van der Waals surface area contributed by atoms with Crippen LogP contribution in [0.4, 0.5) is 5.69 Å². The van der Waals surface area contributed by atoms with Crippen molar-refractivity contribution >= 4 is 28.8 Å². The van der Waals surface area contributed by atoms with Gasteiger partial charge in [0.1, 0.15) is 0 Å². The minimum atomic E-state index is -0.448. The molecule has 1 aromatic carbocycles. The van der Waals surface area contributed by atoms with Gasteiger partial charge in [-0.25, -0.2) is 0 Å². The molecule has 24 heavy (non-hydrogen) atoms. The zero-order valence-corrected chi connectivity index (χ0v) is 14.6. The first-order valence-corrected chi connectivity index (χ1v) is 8.82. The molecule has 0 aliphatic heterocycles. The van der Waals surface area contributed by atoms with E-state index in [9.17, 15) is 10.1 Å². The van der Waals surface area contributed by atoms with Gasteiger partial charge in [0, 0.05) is 24.1 Å². The average Bonchev–Trinajstić information content (AvgIpc) is 3.18. The van der Waals surface area contributed by atoms with E-state index in [-0.39, 0.29) is 11.4 Å². The third kappa shape index (κ3) is 3.26. The van der Waals surface area contributed by atoms with Gasteiger partial charge >= 0.3 is 5.69 Å². The van der Waals surface area contributed by atoms with Gasteiger partial charge in [0.15, 0.2) is 16.7 Å². The Kier molecular flexibility index (Phi) is 4.81. The molecule has 0 atom stereocenters. The number of thiophene rings is 1. The van der Waals surface area contributed by atoms with Gasteiger partial charge in [-0.3, -0.25) is 10.1 Å². The molecule has 7 nitrogen and oxygen atoms in total. The van der Waals surface area contributed by atoms with Crippen LogP contribution in [-0.4, -0.2) is 26.3 Å². The summed E-state index contributed by atoms with van der Waals surface area (Å²) >= 11 is 2.98. The quantitative estimate of drug-likeness (QED) is 0.487. The van der Waals surface area contributed by atoms with E-state index in [1.165, 1.54) is 17.8 Å². The Bertz CT molecular complexity index is 862. The molecule has 0 radical (unpaired) electrons. The van der Waals surface area contributed by atoms with Crippen LogP contribution in [0.5, 0.6) is 5.75 Å². The first-order chi connectivity index (χ1) is 11.6. The van der Waals surface area contributed by atoms with E-state index in [4.69, 9.17) is 4.74 Å². The molecule has 0 bridgehead atoms. The topological polar surface area (TPSA) is 83.1 Å². The molecule has 124 valence electrons. The third-order valence-corrected chi connectivity index (χ3v) is 5.11. The highest BCUT2D eigenvalue weighted by Crippen LogP contribution is 2.35. The van der Waals surface area contributed by atoms with E-state index in [0.29, 0.717) is 11.8 Å². The Morgan fingerprint density at radius 2 is 2.21 bits per heavy atom. The maximum absolute atomic E-state index is 11.0. The van der Waals surface area contributed by atoms with Crippen molar-refractivity contribution in [3.05, 3.63) is 45.8 Å². The smallest absolute Gasteiger partial charge is 0.310 e. The van der Waals surface area contributed by atoms with Crippen LogP contribution in [0.2, 0.25) is 0 Å². The SMILES string of the molecule is CCOc1cc(Sc2nnc(-c3cccs3)n2C)ccc1[N+](=O)[O-]. The fourth-order valence-corrected chi connectivity index (χ4v) is 3.67. The Morgan fingerprint density at radius 1 is 1.38 bits per heavy atom. The molecule has 0 saturated heterocycles. The molecule has 0 saturated carbocycles. The van der Waals surface area contributed by atoms with Crippen molar-refractivity contribution in [3.8, 4) is 16.5 Å². The zero-order chi connectivity index (χ0) is 17.1. The molecular formula is C15H14N4O3S2. The molecule has 2 heterocycles. The first kappa shape index (κ1) is 16.5. The molecule has 0 aliphatic carbocycles. The van der Waals surface area contributed by atoms with Crippen molar-refractivity contribution in [1.29, 1.82) is 0 Å². The normalized spacial score (nSPS) is 10.8. The summed E-state index contributed by atoms with van der Waals surface area (Å²) in [7, 11) is 1.90. The lowest BCUT2D eigenvalue weighted by atomic mass is 10.3. The highest BCUT2D eigenvalue weighted by atomic mass is 32.2. The van der Waals surface area contributed by atoms with Gasteiger partial charge < -0.3 is 9.30 Å². The van der Waals surface area contributed by atoms with Gasteiger partial charge in [-0.2, -0.15) is 0 Å². The van der Waals surface area contributed by atoms with Crippen LogP contribution in [0.3, 0.4) is 0 Å². The number of ether oxygens (including phenoxy) is 1. The van der Waals surface area contributed by atoms with Gasteiger partial charge in [0.25, 0.3) is 0 Å². The summed E-state index contributed by atoms with van der Waals surface area (Å²) in [5.41, 5.74) is -0.0431. The van der Waals surface area contributed by atoms with E-state index >= 15 is 0 Å². The van der Waals surface area contributed by atoms with Gasteiger partial charge in [-0.1, -0.05) is 6.07 Å². The van der Waals surface area contributed by atoms with Crippen LogP contribution in [0, 0.1) is 10.1 Å². The van der Waals surface area contributed by atoms with Gasteiger partial charge in [0.2, 0.25) is 0 Å². The summed E-state index contributed by atoms with van der Waals surface area (Å²) in [4.78, 5) is 12.4. The van der Waals surface area contributed by atoms with Crippen LogP contribution in [0.25, 0.3) is 10.7 Å². The van der Waals surface area contributed by atoms with Crippen molar-refractivity contribution in [3.63, 3.8) is 0 Å². The zero-order valence-electron chi connectivity index (χ0n) is 13.0. The molecule has 9 heteroatoms. The monoisotopic (exact) mass is 362 g/mol. The molecule has 0 aliphatic rings. The van der Waals surface area contributed by atoms with Crippen molar-refractivity contribution in [2.75, 3.05) is 6.61 Å². The molecule has 3 aromatic rings. The maximum atomic E-state index is 11.0. The van der Waals surface area contributed by atoms with Gasteiger partial charge in [-0.05, 0) is 36.2 Å². The standard InChI is InChI=1S/C15H14N4O3S2/c1-3-22-12-9-10(6-7-11(12)19(20)21)24-15-17-16-14(18(15)2)13-5-4-8-23-13/h4-9H,3H2,1-2H3. The van der Waals surface area contributed by atoms with Gasteiger partial charge in [-0.15, -0.1) is 21.5 Å². The lowest BCUT2D eigenvalue weighted by molar-refractivity contribution is -0.385. The highest BCUT2D eigenvalue weighted by Gasteiger charge is 2.18. The maximum Gasteiger partial charge on any atom is 0.310 e. The fraction of sp³-hybridized carbons (Fsp3) is 0.200. The average molecular weight is 362 g/mol. The molecule has 0 spiro atoms. The Labute approximate surface area is 146 Å². The van der Waals surface area contributed by atoms with E-state index in [1.807, 2.05) is 29.1 Å². The molecular weight excluding hydrogens is 348 g/mol. The Morgan fingerprint density at radius 3 is 2.88 bits per heavy atom. The molecule has 3 rings (SSSR count). The predicted molar refractivity (Wildman–Crippen MR) is 92.7 cm³/mol. The summed E-state index contributed by atoms with van der Waals surface area (Å²) in [5.74, 6) is 1.05. The summed E-state index contributed by atoms with van der Waals surface area (Å²) in [6.07, 6.45) is 0. The molecule has 0 N–H and O–H groups in total. The van der Waals surface area contributed by atoms with E-state index in [0.717, 1.165) is 15.6 Å². The molecule has 0 amide bonds. The van der Waals surface area contributed by atoms with E-state index in [2.05, 4.69) is 10.2 Å². The van der Waals surface area contributed by atoms with Gasteiger partial charge in [0.05, 0.1) is 16.4 Å². The Balaban J connectivity index is 1.89. The summed E-state index contributed by atoms with van der Waals surface area (Å²) in [6, 6.07) is 8.74. The minimum Gasteiger partial charge on any atom is -0.487 e. The van der Waals surface area contributed by atoms with Crippen molar-refractivity contribution < 1.29 is 9.66 Å². The number of nitro groups is 1. The Hall–Kier alpha value is -2.39. The van der Waals surface area contributed by atoms with Crippen LogP contribution in [0.15, 0.2) is 45.8 Å². The summed E-state index contributed by atoms with van der Waals surface area (Å²) in [6.45, 7) is 2.15. The fourth-order valence-electron chi connectivity index (χ4n) is 2.11. The van der Waals surface area contributed by atoms with Crippen molar-refractivity contribution in [2.24, 2.45) is 7.05 Å². The van der Waals surface area contributed by atoms with Crippen LogP contribution < -0.4 is 4.74 Å². The number of aromatic nitrogens is 3. The van der Waals surface area contributed by atoms with Crippen molar-refractivity contribution in [2.45, 2.75) is 17.0 Å². The molecule has 2 aromatic heterocycles. The van der Waals surface area contributed by atoms with Crippen LogP contribution >= 0.6 is 23.1 Å². The van der Waals surface area contributed by atoms with Crippen LogP contribution in [0.1, 0.15) is 6.92 Å². The van der Waals surface area contributed by atoms with E-state index < -0.39 is 4.92 Å². The number of hydrogen-bond donors (Lipinski definition) is 0. The second kappa shape index (κ2) is 7.02.